The molecule has 1 aliphatic heterocycles. The van der Waals surface area contributed by atoms with Gasteiger partial charge in [-0.15, -0.1) is 0 Å². The Morgan fingerprint density at radius 1 is 1.40 bits per heavy atom. The predicted octanol–water partition coefficient (Wildman–Crippen LogP) is 1.06. The second-order valence-electron chi connectivity index (χ2n) is 6.02. The van der Waals surface area contributed by atoms with Crippen LogP contribution >= 0.6 is 0 Å². The Labute approximate surface area is 120 Å². The Morgan fingerprint density at radius 3 is 2.75 bits per heavy atom. The molecule has 0 saturated carbocycles. The van der Waals surface area contributed by atoms with E-state index in [4.69, 9.17) is 5.26 Å². The van der Waals surface area contributed by atoms with Gasteiger partial charge in [-0.25, -0.2) is 0 Å². The largest absolute Gasteiger partial charge is 0.327 e. The first-order valence-electron chi connectivity index (χ1n) is 7.20. The first-order chi connectivity index (χ1) is 9.56. The molecule has 2 N–H and O–H groups in total. The first-order valence-corrected chi connectivity index (χ1v) is 7.20. The molecule has 1 amide bonds. The average Bonchev–Trinajstić information content (AvgIpc) is 2.37. The van der Waals surface area contributed by atoms with Gasteiger partial charge in [0, 0.05) is 17.5 Å². The first kappa shape index (κ1) is 14.5. The van der Waals surface area contributed by atoms with Crippen molar-refractivity contribution in [2.45, 2.75) is 20.3 Å². The molecule has 0 bridgehead atoms. The summed E-state index contributed by atoms with van der Waals surface area (Å²) in [6, 6.07) is 9.11. The average molecular weight is 272 g/mol. The fraction of sp³-hybridized carbons (Fsp3) is 0.500. The van der Waals surface area contributed by atoms with Gasteiger partial charge in [0.2, 0.25) is 0 Å². The van der Waals surface area contributed by atoms with Crippen molar-refractivity contribution in [2.24, 2.45) is 11.8 Å². The maximum atomic E-state index is 12.1. The summed E-state index contributed by atoms with van der Waals surface area (Å²) in [5.74, 6) is 1.39. The van der Waals surface area contributed by atoms with Crippen molar-refractivity contribution in [3.8, 4) is 6.07 Å². The van der Waals surface area contributed by atoms with Gasteiger partial charge in [-0.1, -0.05) is 19.9 Å². The lowest BCUT2D eigenvalue weighted by molar-refractivity contribution is -0.904. The summed E-state index contributed by atoms with van der Waals surface area (Å²) in [7, 11) is 0. The van der Waals surface area contributed by atoms with Gasteiger partial charge in [0.05, 0.1) is 24.7 Å². The molecular formula is C16H22N3O+. The molecule has 106 valence electrons. The second-order valence-corrected chi connectivity index (χ2v) is 6.02. The van der Waals surface area contributed by atoms with Crippen LogP contribution in [-0.4, -0.2) is 25.5 Å². The van der Waals surface area contributed by atoms with Gasteiger partial charge in [0.1, 0.15) is 0 Å². The molecule has 1 fully saturated rings. The lowest BCUT2D eigenvalue weighted by atomic mass is 9.92. The van der Waals surface area contributed by atoms with Crippen LogP contribution in [0.3, 0.4) is 0 Å². The number of nitrogens with one attached hydrogen (secondary N) is 2. The van der Waals surface area contributed by atoms with Crippen molar-refractivity contribution in [3.63, 3.8) is 0 Å². The summed E-state index contributed by atoms with van der Waals surface area (Å²) in [5.41, 5.74) is 1.27. The van der Waals surface area contributed by atoms with E-state index in [-0.39, 0.29) is 5.91 Å². The monoisotopic (exact) mass is 272 g/mol. The summed E-state index contributed by atoms with van der Waals surface area (Å²) in [6.07, 6.45) is 1.26. The van der Waals surface area contributed by atoms with Crippen LogP contribution in [0.4, 0.5) is 5.69 Å². The van der Waals surface area contributed by atoms with E-state index in [0.29, 0.717) is 29.6 Å². The Kier molecular flexibility index (Phi) is 4.75. The van der Waals surface area contributed by atoms with Crippen LogP contribution in [0.1, 0.15) is 25.8 Å². The molecule has 0 spiro atoms. The molecule has 0 aliphatic carbocycles. The van der Waals surface area contributed by atoms with Crippen LogP contribution in [-0.2, 0) is 4.79 Å². The summed E-state index contributed by atoms with van der Waals surface area (Å²) < 4.78 is 0. The van der Waals surface area contributed by atoms with Gasteiger partial charge in [0.25, 0.3) is 5.91 Å². The number of nitriles is 1. The summed E-state index contributed by atoms with van der Waals surface area (Å²) in [5, 5.41) is 11.7. The van der Waals surface area contributed by atoms with Gasteiger partial charge in [-0.05, 0) is 24.6 Å². The molecule has 2 rings (SSSR count). The number of hydrogen-bond donors (Lipinski definition) is 2. The predicted molar refractivity (Wildman–Crippen MR) is 78.3 cm³/mol. The topological polar surface area (TPSA) is 57.3 Å². The number of quaternary nitrogens is 1. The van der Waals surface area contributed by atoms with E-state index < -0.39 is 0 Å². The normalized spacial score (nSPS) is 25.8. The van der Waals surface area contributed by atoms with E-state index in [0.717, 1.165) is 13.1 Å². The van der Waals surface area contributed by atoms with Crippen LogP contribution < -0.4 is 10.2 Å². The molecule has 1 saturated heterocycles. The Hall–Kier alpha value is -1.86. The van der Waals surface area contributed by atoms with Gasteiger partial charge < -0.3 is 10.2 Å². The molecule has 20 heavy (non-hydrogen) atoms. The van der Waals surface area contributed by atoms with E-state index in [1.807, 2.05) is 6.07 Å². The van der Waals surface area contributed by atoms with Crippen molar-refractivity contribution in [1.29, 1.82) is 5.26 Å². The number of carbonyl (C=O) groups excluding carboxylic acids is 1. The highest BCUT2D eigenvalue weighted by molar-refractivity contribution is 5.91. The molecule has 1 heterocycles. The van der Waals surface area contributed by atoms with Crippen LogP contribution in [0.25, 0.3) is 0 Å². The minimum Gasteiger partial charge on any atom is -0.327 e. The third-order valence-electron chi connectivity index (χ3n) is 3.76. The number of anilines is 1. The number of benzene rings is 1. The number of nitrogens with zero attached hydrogens (tertiary/aromatic N) is 1. The molecule has 1 aliphatic rings. The van der Waals surface area contributed by atoms with Crippen LogP contribution in [0.2, 0.25) is 0 Å². The zero-order valence-electron chi connectivity index (χ0n) is 12.1. The molecule has 0 aromatic heterocycles. The molecule has 0 radical (unpaired) electrons. The number of hydrogen-bond acceptors (Lipinski definition) is 2. The molecule has 0 unspecified atom stereocenters. The van der Waals surface area contributed by atoms with Crippen molar-refractivity contribution in [3.05, 3.63) is 29.8 Å². The highest BCUT2D eigenvalue weighted by Crippen LogP contribution is 2.12. The van der Waals surface area contributed by atoms with Crippen LogP contribution in [0, 0.1) is 23.2 Å². The number of rotatable bonds is 3. The number of amides is 1. The molecule has 1 aromatic rings. The minimum absolute atomic E-state index is 0.0244. The van der Waals surface area contributed by atoms with Crippen molar-refractivity contribution in [1.82, 2.24) is 0 Å². The molecule has 4 nitrogen and oxygen atoms in total. The SMILES string of the molecule is C[C@H]1C[C@H](C)C[NH+](CC(=O)Nc2cccc(C#N)c2)C1. The highest BCUT2D eigenvalue weighted by Gasteiger charge is 2.26. The maximum Gasteiger partial charge on any atom is 0.279 e. The zero-order chi connectivity index (χ0) is 14.5. The van der Waals surface area contributed by atoms with Crippen molar-refractivity contribution >= 4 is 11.6 Å². The maximum absolute atomic E-state index is 12.1. The van der Waals surface area contributed by atoms with Gasteiger partial charge in [-0.3, -0.25) is 4.79 Å². The molecule has 1 aromatic carbocycles. The van der Waals surface area contributed by atoms with Gasteiger partial charge in [-0.2, -0.15) is 5.26 Å². The fourth-order valence-electron chi connectivity index (χ4n) is 3.17. The van der Waals surface area contributed by atoms with Crippen LogP contribution in [0.15, 0.2) is 24.3 Å². The van der Waals surface area contributed by atoms with E-state index in [1.165, 1.54) is 11.3 Å². The van der Waals surface area contributed by atoms with Gasteiger partial charge in [0.15, 0.2) is 6.54 Å². The third-order valence-corrected chi connectivity index (χ3v) is 3.76. The lowest BCUT2D eigenvalue weighted by Crippen LogP contribution is -3.15. The Bertz CT molecular complexity index is 511. The quantitative estimate of drug-likeness (QED) is 0.864. The summed E-state index contributed by atoms with van der Waals surface area (Å²) in [6.45, 7) is 7.14. The van der Waals surface area contributed by atoms with Crippen LogP contribution in [0.5, 0.6) is 0 Å². The van der Waals surface area contributed by atoms with Crippen molar-refractivity contribution in [2.75, 3.05) is 25.0 Å². The number of carbonyl (C=O) groups is 1. The molecule has 4 heteroatoms. The zero-order valence-corrected chi connectivity index (χ0v) is 12.1. The van der Waals surface area contributed by atoms with E-state index >= 15 is 0 Å². The lowest BCUT2D eigenvalue weighted by Gasteiger charge is -2.31. The molecular weight excluding hydrogens is 250 g/mol. The smallest absolute Gasteiger partial charge is 0.279 e. The summed E-state index contributed by atoms with van der Waals surface area (Å²) in [4.78, 5) is 13.4. The molecule has 2 atom stereocenters. The number of likely N-dealkylation sites (tertiary alicyclic amines) is 1. The van der Waals surface area contributed by atoms with Gasteiger partial charge >= 0.3 is 0 Å². The summed E-state index contributed by atoms with van der Waals surface area (Å²) >= 11 is 0. The third kappa shape index (κ3) is 4.07. The minimum atomic E-state index is 0.0244. The van der Waals surface area contributed by atoms with E-state index in [9.17, 15) is 4.79 Å². The number of piperidine rings is 1. The Morgan fingerprint density at radius 2 is 2.10 bits per heavy atom. The standard InChI is InChI=1S/C16H21N3O/c1-12-6-13(2)10-19(9-12)11-16(20)18-15-5-3-4-14(7-15)8-17/h3-5,7,12-13H,6,9-11H2,1-2H3,(H,18,20)/p+1/t12-,13-/m0/s1. The van der Waals surface area contributed by atoms with Crippen molar-refractivity contribution < 1.29 is 9.69 Å². The van der Waals surface area contributed by atoms with E-state index in [2.05, 4.69) is 25.2 Å². The Balaban J connectivity index is 1.90. The second kappa shape index (κ2) is 6.53. The van der Waals surface area contributed by atoms with E-state index in [1.54, 1.807) is 18.2 Å². The highest BCUT2D eigenvalue weighted by atomic mass is 16.2. The fourth-order valence-corrected chi connectivity index (χ4v) is 3.17.